The van der Waals surface area contributed by atoms with E-state index in [1.807, 2.05) is 12.1 Å². The maximum Gasteiger partial charge on any atom is 0.421 e. The van der Waals surface area contributed by atoms with Crippen LogP contribution >= 0.6 is 24.8 Å². The molecule has 0 bridgehead atoms. The standard InChI is InChI=1S/C26H27N7O4.2ClH/c1-3-36-23(34)15-33(22-6-4-5-13-29-22)26(35)37-20-12-11-19-24(16(20)2)32-21(31-19)14-30-18-9-7-17(8-10-18)25(27)28;;/h4-13,30H,3,14-15H2,1-2H3,(H3,27,28)(H,31,32);2*1H. The van der Waals surface area contributed by atoms with Crippen molar-refractivity contribution in [1.29, 1.82) is 5.41 Å². The lowest BCUT2D eigenvalue weighted by Crippen LogP contribution is -2.39. The van der Waals surface area contributed by atoms with Gasteiger partial charge in [-0.05, 0) is 62.4 Å². The van der Waals surface area contributed by atoms with Crippen LogP contribution in [0.4, 0.5) is 16.3 Å². The molecule has 2 aromatic heterocycles. The van der Waals surface area contributed by atoms with Crippen molar-refractivity contribution in [3.63, 3.8) is 0 Å². The average Bonchev–Trinajstić information content (AvgIpc) is 3.32. The van der Waals surface area contributed by atoms with Crippen LogP contribution < -0.4 is 20.7 Å². The zero-order valence-corrected chi connectivity index (χ0v) is 22.9. The van der Waals surface area contributed by atoms with Gasteiger partial charge in [-0.3, -0.25) is 10.2 Å². The molecule has 0 atom stereocenters. The smallest absolute Gasteiger partial charge is 0.421 e. The summed E-state index contributed by atoms with van der Waals surface area (Å²) in [6.45, 7) is 3.78. The lowest BCUT2D eigenvalue weighted by Gasteiger charge is -2.20. The largest absolute Gasteiger partial charge is 0.465 e. The predicted octanol–water partition coefficient (Wildman–Crippen LogP) is 4.57. The van der Waals surface area contributed by atoms with Gasteiger partial charge in [0.2, 0.25) is 0 Å². The average molecular weight is 574 g/mol. The van der Waals surface area contributed by atoms with Gasteiger partial charge in [0.1, 0.15) is 29.8 Å². The van der Waals surface area contributed by atoms with Crippen LogP contribution in [0.1, 0.15) is 23.9 Å². The quantitative estimate of drug-likeness (QED) is 0.129. The molecule has 0 saturated heterocycles. The Morgan fingerprint density at radius 1 is 1.10 bits per heavy atom. The highest BCUT2D eigenvalue weighted by molar-refractivity contribution is 5.95. The number of nitrogens with zero attached hydrogens (tertiary/aromatic N) is 3. The summed E-state index contributed by atoms with van der Waals surface area (Å²) in [5, 5.41) is 10.8. The molecule has 39 heavy (non-hydrogen) atoms. The Hall–Kier alpha value is -4.35. The number of fused-ring (bicyclic) bond motifs is 1. The van der Waals surface area contributed by atoms with Gasteiger partial charge in [0, 0.05) is 23.0 Å². The summed E-state index contributed by atoms with van der Waals surface area (Å²) in [7, 11) is 0. The summed E-state index contributed by atoms with van der Waals surface area (Å²) < 4.78 is 10.7. The number of anilines is 2. The number of hydrogen-bond acceptors (Lipinski definition) is 8. The van der Waals surface area contributed by atoms with Gasteiger partial charge in [-0.25, -0.2) is 19.7 Å². The Morgan fingerprint density at radius 2 is 1.85 bits per heavy atom. The molecule has 206 valence electrons. The monoisotopic (exact) mass is 573 g/mol. The van der Waals surface area contributed by atoms with Crippen molar-refractivity contribution in [3.05, 3.63) is 77.7 Å². The third-order valence-corrected chi connectivity index (χ3v) is 5.50. The minimum Gasteiger partial charge on any atom is -0.465 e. The van der Waals surface area contributed by atoms with Crippen molar-refractivity contribution in [2.75, 3.05) is 23.4 Å². The van der Waals surface area contributed by atoms with E-state index in [0.29, 0.717) is 34.8 Å². The fourth-order valence-electron chi connectivity index (χ4n) is 3.63. The summed E-state index contributed by atoms with van der Waals surface area (Å²) in [6.07, 6.45) is 0.760. The normalized spacial score (nSPS) is 10.1. The van der Waals surface area contributed by atoms with E-state index >= 15 is 0 Å². The third kappa shape index (κ3) is 7.59. The number of aromatic nitrogens is 3. The number of pyridine rings is 1. The maximum absolute atomic E-state index is 13.1. The molecule has 2 heterocycles. The van der Waals surface area contributed by atoms with E-state index < -0.39 is 12.1 Å². The highest BCUT2D eigenvalue weighted by Crippen LogP contribution is 2.27. The minimum absolute atomic E-state index is 0. The summed E-state index contributed by atoms with van der Waals surface area (Å²) in [5.74, 6) is 0.712. The number of amidine groups is 1. The molecule has 2 aromatic carbocycles. The predicted molar refractivity (Wildman–Crippen MR) is 154 cm³/mol. The second-order valence-electron chi connectivity index (χ2n) is 8.06. The molecule has 11 nitrogen and oxygen atoms in total. The van der Waals surface area contributed by atoms with Gasteiger partial charge in [0.05, 0.1) is 24.2 Å². The highest BCUT2D eigenvalue weighted by Gasteiger charge is 2.24. The van der Waals surface area contributed by atoms with Crippen molar-refractivity contribution in [3.8, 4) is 5.75 Å². The van der Waals surface area contributed by atoms with E-state index in [1.54, 1.807) is 56.3 Å². The van der Waals surface area contributed by atoms with Crippen LogP contribution in [0.5, 0.6) is 5.75 Å². The Bertz CT molecular complexity index is 1430. The molecule has 0 aliphatic heterocycles. The maximum atomic E-state index is 13.1. The van der Waals surface area contributed by atoms with E-state index in [0.717, 1.165) is 16.1 Å². The number of nitrogens with two attached hydrogens (primary N) is 1. The van der Waals surface area contributed by atoms with Gasteiger partial charge in [-0.1, -0.05) is 6.07 Å². The fourth-order valence-corrected chi connectivity index (χ4v) is 3.63. The van der Waals surface area contributed by atoms with Gasteiger partial charge in [0.15, 0.2) is 0 Å². The molecular formula is C26H29Cl2N7O4. The zero-order valence-electron chi connectivity index (χ0n) is 21.3. The van der Waals surface area contributed by atoms with Gasteiger partial charge < -0.3 is 25.5 Å². The van der Waals surface area contributed by atoms with Crippen molar-refractivity contribution in [1.82, 2.24) is 15.0 Å². The van der Waals surface area contributed by atoms with Crippen molar-refractivity contribution in [2.24, 2.45) is 5.73 Å². The van der Waals surface area contributed by atoms with E-state index in [-0.39, 0.29) is 49.6 Å². The zero-order chi connectivity index (χ0) is 26.4. The summed E-state index contributed by atoms with van der Waals surface area (Å²) in [6, 6.07) is 15.7. The Morgan fingerprint density at radius 3 is 2.49 bits per heavy atom. The van der Waals surface area contributed by atoms with Crippen molar-refractivity contribution in [2.45, 2.75) is 20.4 Å². The molecule has 13 heteroatoms. The lowest BCUT2D eigenvalue weighted by atomic mass is 10.2. The second-order valence-corrected chi connectivity index (χ2v) is 8.06. The van der Waals surface area contributed by atoms with Crippen LogP contribution in [0.2, 0.25) is 0 Å². The van der Waals surface area contributed by atoms with Crippen LogP contribution in [0.3, 0.4) is 0 Å². The molecule has 0 unspecified atom stereocenters. The van der Waals surface area contributed by atoms with E-state index in [9.17, 15) is 9.59 Å². The van der Waals surface area contributed by atoms with Gasteiger partial charge >= 0.3 is 12.1 Å². The number of aromatic amines is 1. The number of nitrogen functional groups attached to an aromatic ring is 1. The van der Waals surface area contributed by atoms with Crippen LogP contribution in [0.25, 0.3) is 11.0 Å². The number of nitrogens with one attached hydrogen (secondary N) is 3. The number of hydrogen-bond donors (Lipinski definition) is 4. The van der Waals surface area contributed by atoms with Crippen LogP contribution in [-0.4, -0.2) is 46.0 Å². The Kier molecular flexibility index (Phi) is 11.1. The number of aryl methyl sites for hydroxylation is 1. The van der Waals surface area contributed by atoms with Crippen LogP contribution in [0, 0.1) is 12.3 Å². The number of imidazole rings is 1. The first-order chi connectivity index (χ1) is 17.9. The Balaban J connectivity index is 0.00000267. The molecule has 0 saturated carbocycles. The second kappa shape index (κ2) is 14.0. The molecule has 4 rings (SSSR count). The van der Waals surface area contributed by atoms with Crippen molar-refractivity contribution < 1.29 is 19.1 Å². The molecule has 0 fully saturated rings. The number of ether oxygens (including phenoxy) is 2. The number of benzene rings is 2. The minimum atomic E-state index is -0.763. The summed E-state index contributed by atoms with van der Waals surface area (Å²) in [4.78, 5) is 38.4. The van der Waals surface area contributed by atoms with E-state index in [2.05, 4.69) is 20.3 Å². The fraction of sp³-hybridized carbons (Fsp3) is 0.192. The first kappa shape index (κ1) is 30.9. The number of H-pyrrole nitrogens is 1. The first-order valence-corrected chi connectivity index (χ1v) is 11.6. The highest BCUT2D eigenvalue weighted by atomic mass is 35.5. The molecule has 5 N–H and O–H groups in total. The molecule has 0 aliphatic carbocycles. The molecule has 0 spiro atoms. The number of carbonyl (C=O) groups excluding carboxylic acids is 2. The van der Waals surface area contributed by atoms with Crippen LogP contribution in [0.15, 0.2) is 60.8 Å². The first-order valence-electron chi connectivity index (χ1n) is 11.6. The van der Waals surface area contributed by atoms with Gasteiger partial charge in [-0.15, -0.1) is 24.8 Å². The molecule has 0 aliphatic rings. The molecule has 4 aromatic rings. The summed E-state index contributed by atoms with van der Waals surface area (Å²) in [5.41, 5.74) is 9.11. The van der Waals surface area contributed by atoms with Crippen LogP contribution in [-0.2, 0) is 16.1 Å². The van der Waals surface area contributed by atoms with E-state index in [4.69, 9.17) is 20.6 Å². The molecular weight excluding hydrogens is 545 g/mol. The number of halogens is 2. The lowest BCUT2D eigenvalue weighted by molar-refractivity contribution is -0.141. The molecule has 1 amide bonds. The topological polar surface area (TPSA) is 159 Å². The number of esters is 1. The van der Waals surface area contributed by atoms with E-state index in [1.165, 1.54) is 6.20 Å². The number of rotatable bonds is 9. The summed E-state index contributed by atoms with van der Waals surface area (Å²) >= 11 is 0. The number of carbonyl (C=O) groups is 2. The molecule has 0 radical (unpaired) electrons. The van der Waals surface area contributed by atoms with Gasteiger partial charge in [-0.2, -0.15) is 0 Å². The third-order valence-electron chi connectivity index (χ3n) is 5.50. The SMILES string of the molecule is CCOC(=O)CN(C(=O)Oc1ccc2[nH]c(CNc3ccc(C(=N)N)cc3)nc2c1C)c1ccccn1.Cl.Cl. The number of amides is 1. The Labute approximate surface area is 237 Å². The van der Waals surface area contributed by atoms with Crippen molar-refractivity contribution >= 4 is 65.3 Å². The van der Waals surface area contributed by atoms with Gasteiger partial charge in [0.25, 0.3) is 0 Å².